The topological polar surface area (TPSA) is 63.4 Å². The van der Waals surface area contributed by atoms with Gasteiger partial charge in [-0.1, -0.05) is 13.0 Å². The van der Waals surface area contributed by atoms with Gasteiger partial charge >= 0.3 is 0 Å². The Bertz CT molecular complexity index is 262. The Morgan fingerprint density at radius 1 is 1.57 bits per heavy atom. The second kappa shape index (κ2) is 6.16. The van der Waals surface area contributed by atoms with E-state index >= 15 is 0 Å². The lowest BCUT2D eigenvalue weighted by Gasteiger charge is -2.23. The van der Waals surface area contributed by atoms with Crippen LogP contribution in [0, 0.1) is 0 Å². The van der Waals surface area contributed by atoms with Gasteiger partial charge in [0.25, 0.3) is 0 Å². The normalized spacial score (nSPS) is 14.3. The lowest BCUT2D eigenvalue weighted by molar-refractivity contribution is 0.434. The minimum absolute atomic E-state index is 0.152. The van der Waals surface area contributed by atoms with Crippen LogP contribution in [-0.2, 0) is 10.0 Å². The molecule has 0 fully saturated rings. The Morgan fingerprint density at radius 3 is 2.50 bits per heavy atom. The monoisotopic (exact) mass is 220 g/mol. The minimum atomic E-state index is -3.24. The molecule has 4 nitrogen and oxygen atoms in total. The van der Waals surface area contributed by atoms with Gasteiger partial charge in [0, 0.05) is 19.6 Å². The largest absolute Gasteiger partial charge is 0.329 e. The summed E-state index contributed by atoms with van der Waals surface area (Å²) >= 11 is 0. The third kappa shape index (κ3) is 3.40. The van der Waals surface area contributed by atoms with E-state index in [9.17, 15) is 8.42 Å². The van der Waals surface area contributed by atoms with Crippen molar-refractivity contribution in [2.75, 3.05) is 19.6 Å². The van der Waals surface area contributed by atoms with E-state index in [1.807, 2.05) is 6.92 Å². The molecule has 0 saturated heterocycles. The molecule has 0 amide bonds. The fourth-order valence-corrected chi connectivity index (χ4v) is 2.59. The Kier molecular flexibility index (Phi) is 5.99. The number of hydrogen-bond acceptors (Lipinski definition) is 3. The highest BCUT2D eigenvalue weighted by Gasteiger charge is 2.25. The van der Waals surface area contributed by atoms with Gasteiger partial charge < -0.3 is 5.73 Å². The summed E-state index contributed by atoms with van der Waals surface area (Å²) in [7, 11) is -3.24. The Morgan fingerprint density at radius 2 is 2.14 bits per heavy atom. The molecule has 0 aromatic heterocycles. The lowest BCUT2D eigenvalue weighted by Crippen LogP contribution is -2.41. The summed E-state index contributed by atoms with van der Waals surface area (Å²) in [6, 6.07) is 0. The summed E-state index contributed by atoms with van der Waals surface area (Å²) in [6.07, 6.45) is 2.39. The van der Waals surface area contributed by atoms with Gasteiger partial charge in [0.15, 0.2) is 0 Å². The van der Waals surface area contributed by atoms with Crippen molar-refractivity contribution in [3.63, 3.8) is 0 Å². The van der Waals surface area contributed by atoms with Crippen LogP contribution in [0.15, 0.2) is 12.7 Å². The summed E-state index contributed by atoms with van der Waals surface area (Å²) < 4.78 is 25.1. The number of nitrogens with zero attached hydrogens (tertiary/aromatic N) is 1. The van der Waals surface area contributed by atoms with Crippen LogP contribution in [0.25, 0.3) is 0 Å². The predicted molar refractivity (Wildman–Crippen MR) is 59.5 cm³/mol. The molecule has 0 spiro atoms. The third-order valence-corrected chi connectivity index (χ3v) is 4.27. The average Bonchev–Trinajstić information content (AvgIpc) is 2.16. The highest BCUT2D eigenvalue weighted by molar-refractivity contribution is 7.89. The van der Waals surface area contributed by atoms with E-state index in [4.69, 9.17) is 5.73 Å². The van der Waals surface area contributed by atoms with Gasteiger partial charge in [-0.15, -0.1) is 6.58 Å². The van der Waals surface area contributed by atoms with Crippen molar-refractivity contribution in [1.82, 2.24) is 4.31 Å². The molecule has 0 aliphatic rings. The van der Waals surface area contributed by atoms with Crippen LogP contribution in [-0.4, -0.2) is 37.6 Å². The maximum Gasteiger partial charge on any atom is 0.218 e. The predicted octanol–water partition coefficient (Wildman–Crippen LogP) is 0.561. The molecule has 14 heavy (non-hydrogen) atoms. The van der Waals surface area contributed by atoms with Crippen LogP contribution < -0.4 is 5.73 Å². The average molecular weight is 220 g/mol. The van der Waals surface area contributed by atoms with Gasteiger partial charge in [0.2, 0.25) is 10.0 Å². The summed E-state index contributed by atoms with van der Waals surface area (Å²) in [5.74, 6) is 0. The second-order valence-corrected chi connectivity index (χ2v) is 5.59. The van der Waals surface area contributed by atoms with Crippen LogP contribution in [0.3, 0.4) is 0 Å². The van der Waals surface area contributed by atoms with Gasteiger partial charge in [0.05, 0.1) is 5.25 Å². The first-order valence-corrected chi connectivity index (χ1v) is 6.30. The van der Waals surface area contributed by atoms with E-state index in [-0.39, 0.29) is 6.54 Å². The van der Waals surface area contributed by atoms with Gasteiger partial charge in [0.1, 0.15) is 0 Å². The van der Waals surface area contributed by atoms with Gasteiger partial charge in [-0.05, 0) is 13.3 Å². The zero-order valence-electron chi connectivity index (χ0n) is 8.94. The molecule has 0 rings (SSSR count). The van der Waals surface area contributed by atoms with Crippen LogP contribution >= 0.6 is 0 Å². The highest BCUT2D eigenvalue weighted by atomic mass is 32.2. The Balaban J connectivity index is 4.70. The molecule has 84 valence electrons. The summed E-state index contributed by atoms with van der Waals surface area (Å²) in [6.45, 7) is 8.15. The molecule has 1 unspecified atom stereocenters. The molecule has 1 atom stereocenters. The number of hydrogen-bond donors (Lipinski definition) is 1. The molecular weight excluding hydrogens is 200 g/mol. The Labute approximate surface area is 86.8 Å². The van der Waals surface area contributed by atoms with E-state index in [1.165, 1.54) is 4.31 Å². The molecule has 5 heteroatoms. The van der Waals surface area contributed by atoms with Crippen molar-refractivity contribution < 1.29 is 8.42 Å². The molecule has 0 bridgehead atoms. The maximum atomic E-state index is 11.8. The molecule has 2 N–H and O–H groups in total. The fourth-order valence-electron chi connectivity index (χ4n) is 1.09. The third-order valence-electron chi connectivity index (χ3n) is 2.01. The minimum Gasteiger partial charge on any atom is -0.329 e. The van der Waals surface area contributed by atoms with E-state index in [1.54, 1.807) is 13.0 Å². The molecule has 0 heterocycles. The van der Waals surface area contributed by atoms with Crippen molar-refractivity contribution in [1.29, 1.82) is 0 Å². The number of rotatable bonds is 7. The van der Waals surface area contributed by atoms with E-state index in [0.29, 0.717) is 13.1 Å². The molecular formula is C9H20N2O2S. The van der Waals surface area contributed by atoms with E-state index < -0.39 is 15.3 Å². The first kappa shape index (κ1) is 13.6. The SMILES string of the molecule is C=CCN(CCC)S(=O)(=O)C(C)CN. The molecule has 0 aliphatic heterocycles. The van der Waals surface area contributed by atoms with Crippen molar-refractivity contribution in [2.24, 2.45) is 5.73 Å². The molecule has 0 aromatic carbocycles. The highest BCUT2D eigenvalue weighted by Crippen LogP contribution is 2.08. The van der Waals surface area contributed by atoms with E-state index in [2.05, 4.69) is 6.58 Å². The zero-order chi connectivity index (χ0) is 11.2. The molecule has 0 radical (unpaired) electrons. The van der Waals surface area contributed by atoms with Crippen LogP contribution in [0.4, 0.5) is 0 Å². The maximum absolute atomic E-state index is 11.8. The second-order valence-electron chi connectivity index (χ2n) is 3.24. The summed E-state index contributed by atoms with van der Waals surface area (Å²) in [5, 5.41) is -0.519. The standard InChI is InChI=1S/C9H20N2O2S/c1-4-6-11(7-5-2)14(12,13)9(3)8-10/h4,9H,1,5-8,10H2,2-3H3. The quantitative estimate of drug-likeness (QED) is 0.638. The van der Waals surface area contributed by atoms with Crippen LogP contribution in [0.1, 0.15) is 20.3 Å². The molecule has 0 aliphatic carbocycles. The van der Waals surface area contributed by atoms with Crippen molar-refractivity contribution in [3.05, 3.63) is 12.7 Å². The molecule has 0 saturated carbocycles. The number of sulfonamides is 1. The first-order valence-electron chi connectivity index (χ1n) is 4.80. The zero-order valence-corrected chi connectivity index (χ0v) is 9.76. The van der Waals surface area contributed by atoms with Crippen molar-refractivity contribution >= 4 is 10.0 Å². The van der Waals surface area contributed by atoms with Gasteiger partial charge in [-0.25, -0.2) is 8.42 Å². The van der Waals surface area contributed by atoms with E-state index in [0.717, 1.165) is 6.42 Å². The summed E-state index contributed by atoms with van der Waals surface area (Å²) in [4.78, 5) is 0. The number of nitrogens with two attached hydrogens (primary N) is 1. The van der Waals surface area contributed by atoms with Gasteiger partial charge in [-0.2, -0.15) is 4.31 Å². The van der Waals surface area contributed by atoms with Crippen LogP contribution in [0.5, 0.6) is 0 Å². The van der Waals surface area contributed by atoms with Crippen LogP contribution in [0.2, 0.25) is 0 Å². The van der Waals surface area contributed by atoms with Gasteiger partial charge in [-0.3, -0.25) is 0 Å². The van der Waals surface area contributed by atoms with Crippen molar-refractivity contribution in [2.45, 2.75) is 25.5 Å². The fraction of sp³-hybridized carbons (Fsp3) is 0.778. The Hall–Kier alpha value is -0.390. The molecule has 0 aromatic rings. The summed E-state index contributed by atoms with van der Waals surface area (Å²) in [5.41, 5.74) is 5.36. The lowest BCUT2D eigenvalue weighted by atomic mass is 10.5. The smallest absolute Gasteiger partial charge is 0.218 e. The first-order chi connectivity index (χ1) is 6.50. The van der Waals surface area contributed by atoms with Crippen molar-refractivity contribution in [3.8, 4) is 0 Å².